The van der Waals surface area contributed by atoms with Gasteiger partial charge in [0.15, 0.2) is 0 Å². The summed E-state index contributed by atoms with van der Waals surface area (Å²) < 4.78 is 0. The van der Waals surface area contributed by atoms with Gasteiger partial charge in [-0.1, -0.05) is 11.6 Å². The van der Waals surface area contributed by atoms with E-state index in [0.29, 0.717) is 5.38 Å². The van der Waals surface area contributed by atoms with Gasteiger partial charge in [-0.05, 0) is 19.8 Å². The van der Waals surface area contributed by atoms with Crippen LogP contribution in [0.2, 0.25) is 0 Å². The van der Waals surface area contributed by atoms with E-state index in [1.807, 2.05) is 0 Å². The molecule has 0 amide bonds. The van der Waals surface area contributed by atoms with E-state index in [4.69, 9.17) is 11.6 Å². The van der Waals surface area contributed by atoms with Crippen LogP contribution in [0, 0.1) is 0 Å². The maximum absolute atomic E-state index is 6.07. The molecule has 0 radical (unpaired) electrons. The van der Waals surface area contributed by atoms with Gasteiger partial charge in [0.05, 0.1) is 0 Å². The molecule has 2 aliphatic heterocycles. The predicted octanol–water partition coefficient (Wildman–Crippen LogP) is 2.02. The number of halogens is 1. The van der Waals surface area contributed by atoms with Gasteiger partial charge in [-0.25, -0.2) is 0 Å². The van der Waals surface area contributed by atoms with Crippen molar-refractivity contribution in [2.45, 2.75) is 31.2 Å². The molecule has 0 saturated carbocycles. The molecule has 0 aromatic heterocycles. The van der Waals surface area contributed by atoms with Crippen LogP contribution >= 0.6 is 11.6 Å². The lowest BCUT2D eigenvalue weighted by Crippen LogP contribution is -2.32. The fourth-order valence-electron chi connectivity index (χ4n) is 2.09. The van der Waals surface area contributed by atoms with E-state index < -0.39 is 0 Å². The van der Waals surface area contributed by atoms with Gasteiger partial charge in [-0.15, -0.1) is 11.6 Å². The van der Waals surface area contributed by atoms with Crippen LogP contribution in [-0.4, -0.2) is 29.4 Å². The first-order valence-electron chi connectivity index (χ1n) is 4.29. The lowest BCUT2D eigenvalue weighted by atomic mass is 10.0. The second kappa shape index (κ2) is 2.80. The van der Waals surface area contributed by atoms with Crippen molar-refractivity contribution in [3.05, 3.63) is 11.6 Å². The molecule has 2 aliphatic rings. The molecule has 2 atom stereocenters. The fraction of sp³-hybridized carbons (Fsp3) is 0.778. The molecule has 0 aliphatic carbocycles. The Morgan fingerprint density at radius 2 is 2.45 bits per heavy atom. The second-order valence-corrected chi connectivity index (χ2v) is 4.31. The van der Waals surface area contributed by atoms with Crippen molar-refractivity contribution in [3.63, 3.8) is 0 Å². The first kappa shape index (κ1) is 7.63. The third-order valence-electron chi connectivity index (χ3n) is 2.71. The highest BCUT2D eigenvalue weighted by Gasteiger charge is 2.31. The molecule has 1 nitrogen and oxygen atoms in total. The van der Waals surface area contributed by atoms with E-state index in [1.54, 1.807) is 0 Å². The van der Waals surface area contributed by atoms with Crippen molar-refractivity contribution in [1.29, 1.82) is 0 Å². The van der Waals surface area contributed by atoms with Gasteiger partial charge in [0.25, 0.3) is 0 Å². The largest absolute Gasteiger partial charge is 0.295 e. The van der Waals surface area contributed by atoms with Crippen molar-refractivity contribution in [2.24, 2.45) is 0 Å². The molecule has 2 heterocycles. The summed E-state index contributed by atoms with van der Waals surface area (Å²) in [5.74, 6) is 0. The number of nitrogens with zero attached hydrogens (tertiary/aromatic N) is 1. The minimum absolute atomic E-state index is 0.402. The number of fused-ring (bicyclic) bond motifs is 1. The van der Waals surface area contributed by atoms with Gasteiger partial charge < -0.3 is 0 Å². The lowest BCUT2D eigenvalue weighted by Gasteiger charge is -2.27. The minimum atomic E-state index is 0.402. The zero-order valence-corrected chi connectivity index (χ0v) is 7.64. The van der Waals surface area contributed by atoms with Crippen molar-refractivity contribution in [2.75, 3.05) is 13.1 Å². The molecule has 2 heteroatoms. The highest BCUT2D eigenvalue weighted by molar-refractivity contribution is 6.21. The van der Waals surface area contributed by atoms with Gasteiger partial charge in [-0.2, -0.15) is 0 Å². The normalized spacial score (nSPS) is 38.5. The zero-order chi connectivity index (χ0) is 7.84. The van der Waals surface area contributed by atoms with Crippen molar-refractivity contribution < 1.29 is 0 Å². The van der Waals surface area contributed by atoms with Gasteiger partial charge >= 0.3 is 0 Å². The molecule has 0 aromatic carbocycles. The van der Waals surface area contributed by atoms with Crippen LogP contribution in [0.4, 0.5) is 0 Å². The summed E-state index contributed by atoms with van der Waals surface area (Å²) in [5, 5.41) is 0.402. The number of rotatable bonds is 0. The number of hydrogen-bond donors (Lipinski definition) is 0. The summed E-state index contributed by atoms with van der Waals surface area (Å²) in [7, 11) is 0. The summed E-state index contributed by atoms with van der Waals surface area (Å²) >= 11 is 6.07. The molecule has 0 spiro atoms. The molecular weight excluding hydrogens is 158 g/mol. The van der Waals surface area contributed by atoms with Gasteiger partial charge in [0, 0.05) is 24.5 Å². The Hall–Kier alpha value is -0.0100. The van der Waals surface area contributed by atoms with Crippen LogP contribution in [0.1, 0.15) is 19.8 Å². The van der Waals surface area contributed by atoms with E-state index in [2.05, 4.69) is 17.9 Å². The lowest BCUT2D eigenvalue weighted by molar-refractivity contribution is 0.265. The molecule has 2 rings (SSSR count). The summed E-state index contributed by atoms with van der Waals surface area (Å²) in [6.45, 7) is 4.44. The Bertz CT molecular complexity index is 188. The average molecular weight is 172 g/mol. The van der Waals surface area contributed by atoms with Crippen molar-refractivity contribution >= 4 is 11.6 Å². The first-order chi connectivity index (χ1) is 5.25. The summed E-state index contributed by atoms with van der Waals surface area (Å²) in [4.78, 5) is 2.49. The van der Waals surface area contributed by atoms with Crippen LogP contribution in [0.15, 0.2) is 11.6 Å². The standard InChI is InChI=1S/C9H14ClN/c1-7-2-3-11-6-8(10)5-9(11)4-7/h2,8-9H,3-6H2,1H3. The van der Waals surface area contributed by atoms with Crippen LogP contribution < -0.4 is 0 Å². The van der Waals surface area contributed by atoms with Gasteiger partial charge in [0.1, 0.15) is 0 Å². The molecule has 0 bridgehead atoms. The van der Waals surface area contributed by atoms with E-state index in [-0.39, 0.29) is 0 Å². The van der Waals surface area contributed by atoms with Crippen LogP contribution in [0.25, 0.3) is 0 Å². The minimum Gasteiger partial charge on any atom is -0.295 e. The SMILES string of the molecule is CC1=CCN2CC(Cl)CC2C1. The Morgan fingerprint density at radius 3 is 3.27 bits per heavy atom. The molecular formula is C9H14ClN. The van der Waals surface area contributed by atoms with Gasteiger partial charge in [-0.3, -0.25) is 4.90 Å². The molecule has 2 unspecified atom stereocenters. The molecule has 0 aromatic rings. The topological polar surface area (TPSA) is 3.24 Å². The molecule has 62 valence electrons. The molecule has 0 N–H and O–H groups in total. The Kier molecular flexibility index (Phi) is 1.94. The van der Waals surface area contributed by atoms with Crippen LogP contribution in [0.5, 0.6) is 0 Å². The number of alkyl halides is 1. The Morgan fingerprint density at radius 1 is 1.64 bits per heavy atom. The maximum atomic E-state index is 6.07. The molecule has 1 saturated heterocycles. The van der Waals surface area contributed by atoms with Crippen molar-refractivity contribution in [3.8, 4) is 0 Å². The molecule has 11 heavy (non-hydrogen) atoms. The number of hydrogen-bond acceptors (Lipinski definition) is 1. The van der Waals surface area contributed by atoms with Crippen LogP contribution in [-0.2, 0) is 0 Å². The Balaban J connectivity index is 2.06. The third kappa shape index (κ3) is 1.45. The first-order valence-corrected chi connectivity index (χ1v) is 4.73. The second-order valence-electron chi connectivity index (χ2n) is 3.70. The summed E-state index contributed by atoms with van der Waals surface area (Å²) in [6.07, 6.45) is 4.75. The van der Waals surface area contributed by atoms with Crippen LogP contribution in [0.3, 0.4) is 0 Å². The third-order valence-corrected chi connectivity index (χ3v) is 3.02. The maximum Gasteiger partial charge on any atom is 0.0478 e. The summed E-state index contributed by atoms with van der Waals surface area (Å²) in [5.41, 5.74) is 1.54. The van der Waals surface area contributed by atoms with E-state index in [0.717, 1.165) is 19.1 Å². The van der Waals surface area contributed by atoms with Crippen molar-refractivity contribution in [1.82, 2.24) is 4.90 Å². The highest BCUT2D eigenvalue weighted by atomic mass is 35.5. The fourth-order valence-corrected chi connectivity index (χ4v) is 2.47. The highest BCUT2D eigenvalue weighted by Crippen LogP contribution is 2.29. The van der Waals surface area contributed by atoms with E-state index in [9.17, 15) is 0 Å². The summed E-state index contributed by atoms with van der Waals surface area (Å²) in [6, 6.07) is 0.752. The smallest absolute Gasteiger partial charge is 0.0478 e. The predicted molar refractivity (Wildman–Crippen MR) is 48.0 cm³/mol. The monoisotopic (exact) mass is 171 g/mol. The average Bonchev–Trinajstić information content (AvgIpc) is 2.27. The van der Waals surface area contributed by atoms with E-state index >= 15 is 0 Å². The van der Waals surface area contributed by atoms with Gasteiger partial charge in [0.2, 0.25) is 0 Å². The molecule has 1 fully saturated rings. The van der Waals surface area contributed by atoms with E-state index in [1.165, 1.54) is 18.4 Å². The quantitative estimate of drug-likeness (QED) is 0.398. The Labute approximate surface area is 73.0 Å². The zero-order valence-electron chi connectivity index (χ0n) is 6.89.